The lowest BCUT2D eigenvalue weighted by atomic mass is 10.0. The molecule has 0 bridgehead atoms. The van der Waals surface area contributed by atoms with Gasteiger partial charge >= 0.3 is 0 Å². The lowest BCUT2D eigenvalue weighted by molar-refractivity contribution is -0.122. The molecule has 3 N–H and O–H groups in total. The second-order valence-electron chi connectivity index (χ2n) is 5.30. The largest absolute Gasteiger partial charge is 0.493 e. The van der Waals surface area contributed by atoms with E-state index in [1.165, 1.54) is 0 Å². The Morgan fingerprint density at radius 2 is 2.05 bits per heavy atom. The molecule has 4 heteroatoms. The second kappa shape index (κ2) is 8.59. The highest BCUT2D eigenvalue weighted by molar-refractivity contribution is 5.76. The zero-order valence-electron chi connectivity index (χ0n) is 12.7. The maximum absolute atomic E-state index is 11.5. The third kappa shape index (κ3) is 6.06. The minimum absolute atomic E-state index is 0.0164. The van der Waals surface area contributed by atoms with Gasteiger partial charge in [0.25, 0.3) is 0 Å². The maximum Gasteiger partial charge on any atom is 0.223 e. The SMILES string of the molecule is CCC(N)Cc1ccccc1OCCC(=O)NC(C)C. The van der Waals surface area contributed by atoms with Gasteiger partial charge in [-0.3, -0.25) is 4.79 Å². The molecule has 0 aromatic heterocycles. The summed E-state index contributed by atoms with van der Waals surface area (Å²) >= 11 is 0. The Bertz CT molecular complexity index is 419. The predicted molar refractivity (Wildman–Crippen MR) is 81.8 cm³/mol. The molecule has 1 amide bonds. The molecule has 20 heavy (non-hydrogen) atoms. The number of hydrogen-bond acceptors (Lipinski definition) is 3. The number of amides is 1. The van der Waals surface area contributed by atoms with Gasteiger partial charge in [0, 0.05) is 12.1 Å². The number of carbonyl (C=O) groups is 1. The van der Waals surface area contributed by atoms with Crippen molar-refractivity contribution in [2.45, 2.75) is 52.1 Å². The van der Waals surface area contributed by atoms with E-state index in [-0.39, 0.29) is 18.0 Å². The van der Waals surface area contributed by atoms with E-state index >= 15 is 0 Å². The summed E-state index contributed by atoms with van der Waals surface area (Å²) in [7, 11) is 0. The molecule has 0 aliphatic heterocycles. The van der Waals surface area contributed by atoms with Crippen molar-refractivity contribution in [3.8, 4) is 5.75 Å². The van der Waals surface area contributed by atoms with E-state index < -0.39 is 0 Å². The van der Waals surface area contributed by atoms with Gasteiger partial charge in [-0.25, -0.2) is 0 Å². The molecule has 0 spiro atoms. The van der Waals surface area contributed by atoms with Crippen LogP contribution < -0.4 is 15.8 Å². The van der Waals surface area contributed by atoms with Crippen molar-refractivity contribution >= 4 is 5.91 Å². The quantitative estimate of drug-likeness (QED) is 0.766. The molecule has 1 atom stereocenters. The summed E-state index contributed by atoms with van der Waals surface area (Å²) in [4.78, 5) is 11.5. The van der Waals surface area contributed by atoms with Crippen molar-refractivity contribution in [2.75, 3.05) is 6.61 Å². The Kier molecular flexibility index (Phi) is 7.09. The molecule has 0 radical (unpaired) electrons. The van der Waals surface area contributed by atoms with Crippen LogP contribution >= 0.6 is 0 Å². The lowest BCUT2D eigenvalue weighted by Crippen LogP contribution is -2.31. The smallest absolute Gasteiger partial charge is 0.223 e. The van der Waals surface area contributed by atoms with E-state index in [9.17, 15) is 4.79 Å². The van der Waals surface area contributed by atoms with Crippen LogP contribution in [0.3, 0.4) is 0 Å². The Hall–Kier alpha value is -1.55. The molecule has 0 aliphatic carbocycles. The van der Waals surface area contributed by atoms with Crippen molar-refractivity contribution in [3.05, 3.63) is 29.8 Å². The minimum atomic E-state index is 0.0164. The monoisotopic (exact) mass is 278 g/mol. The normalized spacial score (nSPS) is 12.2. The highest BCUT2D eigenvalue weighted by Gasteiger charge is 2.08. The number of hydrogen-bond donors (Lipinski definition) is 2. The van der Waals surface area contributed by atoms with Gasteiger partial charge in [0.15, 0.2) is 0 Å². The van der Waals surface area contributed by atoms with Crippen LogP contribution in [-0.4, -0.2) is 24.6 Å². The van der Waals surface area contributed by atoms with Crippen molar-refractivity contribution in [2.24, 2.45) is 5.73 Å². The van der Waals surface area contributed by atoms with Crippen molar-refractivity contribution in [1.82, 2.24) is 5.32 Å². The fourth-order valence-corrected chi connectivity index (χ4v) is 1.89. The Morgan fingerprint density at radius 1 is 1.35 bits per heavy atom. The van der Waals surface area contributed by atoms with Gasteiger partial charge in [0.1, 0.15) is 5.75 Å². The number of rotatable bonds is 8. The van der Waals surface area contributed by atoms with Crippen LogP contribution in [0.15, 0.2) is 24.3 Å². The van der Waals surface area contributed by atoms with Crippen LogP contribution in [0.2, 0.25) is 0 Å². The lowest BCUT2D eigenvalue weighted by Gasteiger charge is -2.14. The number of nitrogens with one attached hydrogen (secondary N) is 1. The molecular formula is C16H26N2O2. The first-order valence-corrected chi connectivity index (χ1v) is 7.28. The van der Waals surface area contributed by atoms with Crippen LogP contribution in [0.5, 0.6) is 5.75 Å². The van der Waals surface area contributed by atoms with E-state index in [1.807, 2.05) is 38.1 Å². The topological polar surface area (TPSA) is 64.3 Å². The molecule has 4 nitrogen and oxygen atoms in total. The standard InChI is InChI=1S/C16H26N2O2/c1-4-14(17)11-13-7-5-6-8-15(13)20-10-9-16(19)18-12(2)3/h5-8,12,14H,4,9-11,17H2,1-3H3,(H,18,19). The molecule has 112 valence electrons. The Labute approximate surface area is 121 Å². The number of carbonyl (C=O) groups excluding carboxylic acids is 1. The molecule has 0 heterocycles. The molecule has 1 rings (SSSR count). The van der Waals surface area contributed by atoms with E-state index in [1.54, 1.807) is 0 Å². The average Bonchev–Trinajstić information content (AvgIpc) is 2.39. The second-order valence-corrected chi connectivity index (χ2v) is 5.30. The summed E-state index contributed by atoms with van der Waals surface area (Å²) in [6.45, 7) is 6.35. The van der Waals surface area contributed by atoms with E-state index in [0.717, 1.165) is 24.2 Å². The number of para-hydroxylation sites is 1. The summed E-state index contributed by atoms with van der Waals surface area (Å²) < 4.78 is 5.72. The molecule has 1 unspecified atom stereocenters. The van der Waals surface area contributed by atoms with Crippen LogP contribution in [-0.2, 0) is 11.2 Å². The number of benzene rings is 1. The van der Waals surface area contributed by atoms with Gasteiger partial charge in [-0.1, -0.05) is 25.1 Å². The van der Waals surface area contributed by atoms with Gasteiger partial charge in [-0.2, -0.15) is 0 Å². The van der Waals surface area contributed by atoms with Crippen molar-refractivity contribution in [3.63, 3.8) is 0 Å². The maximum atomic E-state index is 11.5. The Morgan fingerprint density at radius 3 is 2.70 bits per heavy atom. The van der Waals surface area contributed by atoms with Gasteiger partial charge < -0.3 is 15.8 Å². The molecule has 0 saturated heterocycles. The van der Waals surface area contributed by atoms with Crippen LogP contribution in [0, 0.1) is 0 Å². The summed E-state index contributed by atoms with van der Waals surface area (Å²) in [5.74, 6) is 0.844. The first-order chi connectivity index (χ1) is 9.52. The molecule has 0 aliphatic rings. The summed E-state index contributed by atoms with van der Waals surface area (Å²) in [6.07, 6.45) is 2.10. The Balaban J connectivity index is 2.49. The van der Waals surface area contributed by atoms with Gasteiger partial charge in [-0.05, 0) is 38.3 Å². The molecule has 0 saturated carbocycles. The van der Waals surface area contributed by atoms with Crippen molar-refractivity contribution < 1.29 is 9.53 Å². The predicted octanol–water partition coefficient (Wildman–Crippen LogP) is 2.26. The van der Waals surface area contributed by atoms with E-state index in [0.29, 0.717) is 13.0 Å². The number of ether oxygens (including phenoxy) is 1. The fraction of sp³-hybridized carbons (Fsp3) is 0.562. The third-order valence-electron chi connectivity index (χ3n) is 3.02. The highest BCUT2D eigenvalue weighted by atomic mass is 16.5. The van der Waals surface area contributed by atoms with Crippen LogP contribution in [0.4, 0.5) is 0 Å². The zero-order chi connectivity index (χ0) is 15.0. The number of nitrogens with two attached hydrogens (primary N) is 1. The highest BCUT2D eigenvalue weighted by Crippen LogP contribution is 2.20. The van der Waals surface area contributed by atoms with Crippen LogP contribution in [0.25, 0.3) is 0 Å². The summed E-state index contributed by atoms with van der Waals surface area (Å²) in [5.41, 5.74) is 7.09. The third-order valence-corrected chi connectivity index (χ3v) is 3.02. The van der Waals surface area contributed by atoms with E-state index in [4.69, 9.17) is 10.5 Å². The first kappa shape index (κ1) is 16.5. The van der Waals surface area contributed by atoms with Gasteiger partial charge in [0.05, 0.1) is 13.0 Å². The van der Waals surface area contributed by atoms with Crippen molar-refractivity contribution in [1.29, 1.82) is 0 Å². The molecule has 0 fully saturated rings. The first-order valence-electron chi connectivity index (χ1n) is 7.28. The fourth-order valence-electron chi connectivity index (χ4n) is 1.89. The van der Waals surface area contributed by atoms with Gasteiger partial charge in [-0.15, -0.1) is 0 Å². The van der Waals surface area contributed by atoms with Gasteiger partial charge in [0.2, 0.25) is 5.91 Å². The summed E-state index contributed by atoms with van der Waals surface area (Å²) in [5, 5.41) is 2.85. The summed E-state index contributed by atoms with van der Waals surface area (Å²) in [6, 6.07) is 8.18. The molecular weight excluding hydrogens is 252 g/mol. The average molecular weight is 278 g/mol. The molecule has 1 aromatic carbocycles. The zero-order valence-corrected chi connectivity index (χ0v) is 12.7. The minimum Gasteiger partial charge on any atom is -0.493 e. The van der Waals surface area contributed by atoms with Crippen LogP contribution in [0.1, 0.15) is 39.2 Å². The van der Waals surface area contributed by atoms with E-state index in [2.05, 4.69) is 12.2 Å². The molecule has 1 aromatic rings.